The standard InChI is InChI=1S/C18H20ClNO3/c1-20(12-13-6-4-5-7-16(13)19)18(21)11-14-10-15(22-2)8-9-17(14)23-3/h4-10H,11-12H2,1-3H3. The molecule has 122 valence electrons. The summed E-state index contributed by atoms with van der Waals surface area (Å²) in [6, 6.07) is 12.9. The van der Waals surface area contributed by atoms with Crippen LogP contribution in [-0.2, 0) is 17.8 Å². The van der Waals surface area contributed by atoms with Gasteiger partial charge in [-0.05, 0) is 29.8 Å². The Morgan fingerprint density at radius 2 is 1.83 bits per heavy atom. The van der Waals surface area contributed by atoms with E-state index in [1.807, 2.05) is 30.3 Å². The van der Waals surface area contributed by atoms with E-state index >= 15 is 0 Å². The first-order chi connectivity index (χ1) is 11.0. The maximum absolute atomic E-state index is 12.5. The molecular formula is C18H20ClNO3. The topological polar surface area (TPSA) is 38.8 Å². The number of methoxy groups -OCH3 is 2. The Balaban J connectivity index is 2.10. The predicted molar refractivity (Wildman–Crippen MR) is 91.2 cm³/mol. The predicted octanol–water partition coefficient (Wildman–Crippen LogP) is 3.56. The van der Waals surface area contributed by atoms with E-state index in [-0.39, 0.29) is 12.3 Å². The normalized spacial score (nSPS) is 10.3. The van der Waals surface area contributed by atoms with Gasteiger partial charge in [-0.25, -0.2) is 0 Å². The fourth-order valence-electron chi connectivity index (χ4n) is 2.29. The molecule has 1 amide bonds. The molecule has 0 spiro atoms. The summed E-state index contributed by atoms with van der Waals surface area (Å²) in [5.41, 5.74) is 1.71. The number of nitrogens with zero attached hydrogens (tertiary/aromatic N) is 1. The minimum Gasteiger partial charge on any atom is -0.497 e. The van der Waals surface area contributed by atoms with Crippen LogP contribution in [0.15, 0.2) is 42.5 Å². The summed E-state index contributed by atoms with van der Waals surface area (Å²) in [7, 11) is 4.94. The van der Waals surface area contributed by atoms with Gasteiger partial charge in [0.15, 0.2) is 0 Å². The van der Waals surface area contributed by atoms with Crippen LogP contribution in [0.5, 0.6) is 11.5 Å². The molecule has 0 aromatic heterocycles. The Morgan fingerprint density at radius 1 is 1.09 bits per heavy atom. The Morgan fingerprint density at radius 3 is 2.48 bits per heavy atom. The van der Waals surface area contributed by atoms with Crippen molar-refractivity contribution in [3.8, 4) is 11.5 Å². The van der Waals surface area contributed by atoms with E-state index in [9.17, 15) is 4.79 Å². The zero-order valence-corrected chi connectivity index (χ0v) is 14.3. The molecule has 0 aliphatic heterocycles. The van der Waals surface area contributed by atoms with Gasteiger partial charge in [-0.15, -0.1) is 0 Å². The zero-order chi connectivity index (χ0) is 16.8. The van der Waals surface area contributed by atoms with Crippen LogP contribution in [-0.4, -0.2) is 32.1 Å². The molecule has 0 atom stereocenters. The number of hydrogen-bond acceptors (Lipinski definition) is 3. The first kappa shape index (κ1) is 17.2. The van der Waals surface area contributed by atoms with Gasteiger partial charge in [0.25, 0.3) is 0 Å². The van der Waals surface area contributed by atoms with Gasteiger partial charge in [0.05, 0.1) is 20.6 Å². The number of hydrogen-bond donors (Lipinski definition) is 0. The van der Waals surface area contributed by atoms with E-state index in [4.69, 9.17) is 21.1 Å². The third-order valence-electron chi connectivity index (χ3n) is 3.62. The van der Waals surface area contributed by atoms with Crippen LogP contribution in [0.3, 0.4) is 0 Å². The molecule has 0 unspecified atom stereocenters. The Labute approximate surface area is 141 Å². The molecule has 0 aliphatic carbocycles. The lowest BCUT2D eigenvalue weighted by Crippen LogP contribution is -2.28. The first-order valence-electron chi connectivity index (χ1n) is 7.23. The number of carbonyl (C=O) groups is 1. The average molecular weight is 334 g/mol. The quantitative estimate of drug-likeness (QED) is 0.811. The van der Waals surface area contributed by atoms with Gasteiger partial charge in [-0.2, -0.15) is 0 Å². The zero-order valence-electron chi connectivity index (χ0n) is 13.5. The third-order valence-corrected chi connectivity index (χ3v) is 3.99. The lowest BCUT2D eigenvalue weighted by Gasteiger charge is -2.19. The van der Waals surface area contributed by atoms with Gasteiger partial charge in [0.1, 0.15) is 11.5 Å². The van der Waals surface area contributed by atoms with E-state index in [1.165, 1.54) is 0 Å². The van der Waals surface area contributed by atoms with Crippen LogP contribution >= 0.6 is 11.6 Å². The van der Waals surface area contributed by atoms with Crippen LogP contribution in [0, 0.1) is 0 Å². The first-order valence-corrected chi connectivity index (χ1v) is 7.61. The van der Waals surface area contributed by atoms with Crippen LogP contribution in [0.25, 0.3) is 0 Å². The maximum atomic E-state index is 12.5. The fraction of sp³-hybridized carbons (Fsp3) is 0.278. The van der Waals surface area contributed by atoms with E-state index in [1.54, 1.807) is 38.3 Å². The molecule has 2 rings (SSSR count). The Bertz CT molecular complexity index is 688. The molecule has 0 aliphatic rings. The van der Waals surface area contributed by atoms with Crippen molar-refractivity contribution in [1.82, 2.24) is 4.90 Å². The number of rotatable bonds is 6. The number of halogens is 1. The van der Waals surface area contributed by atoms with Gasteiger partial charge < -0.3 is 14.4 Å². The summed E-state index contributed by atoms with van der Waals surface area (Å²) < 4.78 is 10.5. The summed E-state index contributed by atoms with van der Waals surface area (Å²) in [5.74, 6) is 1.35. The van der Waals surface area contributed by atoms with Crippen molar-refractivity contribution in [2.24, 2.45) is 0 Å². The number of likely N-dealkylation sites (N-methyl/N-ethyl adjacent to an activating group) is 1. The molecule has 0 fully saturated rings. The highest BCUT2D eigenvalue weighted by Gasteiger charge is 2.15. The van der Waals surface area contributed by atoms with E-state index < -0.39 is 0 Å². The monoisotopic (exact) mass is 333 g/mol. The van der Waals surface area contributed by atoms with Crippen molar-refractivity contribution in [2.75, 3.05) is 21.3 Å². The summed E-state index contributed by atoms with van der Waals surface area (Å²) >= 11 is 6.15. The third kappa shape index (κ3) is 4.39. The SMILES string of the molecule is COc1ccc(OC)c(CC(=O)N(C)Cc2ccccc2Cl)c1. The van der Waals surface area contributed by atoms with Crippen molar-refractivity contribution in [2.45, 2.75) is 13.0 Å². The Hall–Kier alpha value is -2.20. The van der Waals surface area contributed by atoms with Gasteiger partial charge in [-0.1, -0.05) is 29.8 Å². The molecule has 2 aromatic rings. The average Bonchev–Trinajstić information content (AvgIpc) is 2.56. The molecule has 0 heterocycles. The largest absolute Gasteiger partial charge is 0.497 e. The highest BCUT2D eigenvalue weighted by molar-refractivity contribution is 6.31. The van der Waals surface area contributed by atoms with Gasteiger partial charge in [-0.3, -0.25) is 4.79 Å². The Kier molecular flexibility index (Phi) is 5.88. The molecule has 5 heteroatoms. The van der Waals surface area contributed by atoms with Crippen LogP contribution in [0.4, 0.5) is 0 Å². The molecule has 0 saturated heterocycles. The lowest BCUT2D eigenvalue weighted by molar-refractivity contribution is -0.129. The van der Waals surface area contributed by atoms with Gasteiger partial charge >= 0.3 is 0 Å². The smallest absolute Gasteiger partial charge is 0.227 e. The second kappa shape index (κ2) is 7.88. The highest BCUT2D eigenvalue weighted by Crippen LogP contribution is 2.25. The van der Waals surface area contributed by atoms with E-state index in [0.29, 0.717) is 23.1 Å². The van der Waals surface area contributed by atoms with Crippen molar-refractivity contribution in [1.29, 1.82) is 0 Å². The van der Waals surface area contributed by atoms with E-state index in [0.717, 1.165) is 11.1 Å². The fourth-order valence-corrected chi connectivity index (χ4v) is 2.48. The minimum atomic E-state index is -0.0172. The van der Waals surface area contributed by atoms with Crippen molar-refractivity contribution >= 4 is 17.5 Å². The van der Waals surface area contributed by atoms with Crippen LogP contribution in [0.2, 0.25) is 5.02 Å². The molecule has 0 bridgehead atoms. The van der Waals surface area contributed by atoms with Gasteiger partial charge in [0.2, 0.25) is 5.91 Å². The molecule has 0 N–H and O–H groups in total. The maximum Gasteiger partial charge on any atom is 0.227 e. The molecule has 0 radical (unpaired) electrons. The highest BCUT2D eigenvalue weighted by atomic mass is 35.5. The molecule has 0 saturated carbocycles. The minimum absolute atomic E-state index is 0.0172. The summed E-state index contributed by atoms with van der Waals surface area (Å²) in [4.78, 5) is 14.1. The molecule has 23 heavy (non-hydrogen) atoms. The summed E-state index contributed by atoms with van der Waals surface area (Å²) in [5, 5.41) is 0.658. The van der Waals surface area contributed by atoms with Crippen LogP contribution < -0.4 is 9.47 Å². The summed E-state index contributed by atoms with van der Waals surface area (Å²) in [6.45, 7) is 0.463. The number of ether oxygens (including phenoxy) is 2. The molecule has 4 nitrogen and oxygen atoms in total. The van der Waals surface area contributed by atoms with Crippen LogP contribution in [0.1, 0.15) is 11.1 Å². The molecule has 2 aromatic carbocycles. The summed E-state index contributed by atoms with van der Waals surface area (Å²) in [6.07, 6.45) is 0.237. The van der Waals surface area contributed by atoms with Crippen molar-refractivity contribution in [3.63, 3.8) is 0 Å². The second-order valence-electron chi connectivity index (χ2n) is 5.20. The van der Waals surface area contributed by atoms with Crippen molar-refractivity contribution in [3.05, 3.63) is 58.6 Å². The van der Waals surface area contributed by atoms with E-state index in [2.05, 4.69) is 0 Å². The lowest BCUT2D eigenvalue weighted by atomic mass is 10.1. The second-order valence-corrected chi connectivity index (χ2v) is 5.60. The number of benzene rings is 2. The number of carbonyl (C=O) groups excluding carboxylic acids is 1. The number of amides is 1. The van der Waals surface area contributed by atoms with Gasteiger partial charge in [0, 0.05) is 24.2 Å². The van der Waals surface area contributed by atoms with Crippen molar-refractivity contribution < 1.29 is 14.3 Å². The molecular weight excluding hydrogens is 314 g/mol.